The zero-order chi connectivity index (χ0) is 15.4. The molecule has 2 aliphatic rings. The highest BCUT2D eigenvalue weighted by molar-refractivity contribution is 7.99. The van der Waals surface area contributed by atoms with Crippen molar-refractivity contribution in [2.24, 2.45) is 0 Å². The highest BCUT2D eigenvalue weighted by Gasteiger charge is 2.30. The van der Waals surface area contributed by atoms with E-state index in [1.165, 1.54) is 0 Å². The van der Waals surface area contributed by atoms with Crippen molar-refractivity contribution < 1.29 is 9.59 Å². The second kappa shape index (κ2) is 8.57. The van der Waals surface area contributed by atoms with Gasteiger partial charge in [-0.3, -0.25) is 14.9 Å². The first-order chi connectivity index (χ1) is 10.7. The molecule has 2 aliphatic heterocycles. The molecule has 126 valence electrons. The summed E-state index contributed by atoms with van der Waals surface area (Å²) >= 11 is 1.77. The standard InChI is InChI=1S/C16H21N3O2S.ClH/c20-15(12-4-2-1-3-5-12)18-13-6-8-19(9-7-13)16(21)14-10-22-11-17-14;/h1-5,13-14,17H,6-11H2,(H,18,20);1H. The van der Waals surface area contributed by atoms with E-state index in [1.807, 2.05) is 35.2 Å². The van der Waals surface area contributed by atoms with Crippen molar-refractivity contribution in [3.63, 3.8) is 0 Å². The van der Waals surface area contributed by atoms with E-state index in [0.29, 0.717) is 5.56 Å². The third-order valence-corrected chi connectivity index (χ3v) is 5.13. The molecule has 0 radical (unpaired) electrons. The van der Waals surface area contributed by atoms with Crippen molar-refractivity contribution in [1.82, 2.24) is 15.5 Å². The number of piperidine rings is 1. The Balaban J connectivity index is 0.00000192. The maximum absolute atomic E-state index is 12.3. The molecule has 2 fully saturated rings. The van der Waals surface area contributed by atoms with Crippen LogP contribution in [-0.2, 0) is 4.79 Å². The lowest BCUT2D eigenvalue weighted by Gasteiger charge is -2.33. The monoisotopic (exact) mass is 355 g/mol. The van der Waals surface area contributed by atoms with Crippen LogP contribution in [0.2, 0.25) is 0 Å². The van der Waals surface area contributed by atoms with Gasteiger partial charge in [-0.15, -0.1) is 24.2 Å². The lowest BCUT2D eigenvalue weighted by molar-refractivity contribution is -0.133. The van der Waals surface area contributed by atoms with Crippen molar-refractivity contribution in [3.05, 3.63) is 35.9 Å². The minimum absolute atomic E-state index is 0. The molecule has 5 nitrogen and oxygen atoms in total. The number of thioether (sulfide) groups is 1. The number of rotatable bonds is 3. The molecule has 0 aromatic heterocycles. The zero-order valence-corrected chi connectivity index (χ0v) is 14.5. The molecule has 2 heterocycles. The topological polar surface area (TPSA) is 61.4 Å². The number of amides is 2. The van der Waals surface area contributed by atoms with Crippen LogP contribution in [0, 0.1) is 0 Å². The van der Waals surface area contributed by atoms with Crippen molar-refractivity contribution in [2.45, 2.75) is 24.9 Å². The Bertz CT molecular complexity index is 529. The molecule has 0 spiro atoms. The lowest BCUT2D eigenvalue weighted by Crippen LogP contribution is -2.51. The van der Waals surface area contributed by atoms with Crippen LogP contribution in [0.1, 0.15) is 23.2 Å². The predicted octanol–water partition coefficient (Wildman–Crippen LogP) is 1.49. The van der Waals surface area contributed by atoms with Crippen LogP contribution in [0.25, 0.3) is 0 Å². The summed E-state index contributed by atoms with van der Waals surface area (Å²) in [6, 6.07) is 9.39. The van der Waals surface area contributed by atoms with Gasteiger partial charge in [-0.05, 0) is 25.0 Å². The second-order valence-corrected chi connectivity index (χ2v) is 6.74. The maximum atomic E-state index is 12.3. The number of hydrogen-bond donors (Lipinski definition) is 2. The number of nitrogens with one attached hydrogen (secondary N) is 2. The third kappa shape index (κ3) is 4.62. The van der Waals surface area contributed by atoms with Crippen LogP contribution >= 0.6 is 24.2 Å². The number of hydrogen-bond acceptors (Lipinski definition) is 4. The van der Waals surface area contributed by atoms with Gasteiger partial charge in [0.2, 0.25) is 5.91 Å². The van der Waals surface area contributed by atoms with E-state index in [-0.39, 0.29) is 36.3 Å². The van der Waals surface area contributed by atoms with Gasteiger partial charge in [0.25, 0.3) is 5.91 Å². The fraction of sp³-hybridized carbons (Fsp3) is 0.500. The Morgan fingerprint density at radius 2 is 1.87 bits per heavy atom. The summed E-state index contributed by atoms with van der Waals surface area (Å²) < 4.78 is 0. The average Bonchev–Trinajstić information content (AvgIpc) is 3.10. The Labute approximate surface area is 147 Å². The Hall–Kier alpha value is -1.24. The lowest BCUT2D eigenvalue weighted by atomic mass is 10.0. The first kappa shape index (κ1) is 18.1. The van der Waals surface area contributed by atoms with E-state index in [1.54, 1.807) is 11.8 Å². The molecule has 2 saturated heterocycles. The molecule has 3 rings (SSSR count). The normalized spacial score (nSPS) is 21.6. The molecular formula is C16H22ClN3O2S. The molecule has 2 N–H and O–H groups in total. The number of halogens is 1. The average molecular weight is 356 g/mol. The van der Waals surface area contributed by atoms with Crippen LogP contribution < -0.4 is 10.6 Å². The second-order valence-electron chi connectivity index (χ2n) is 5.71. The number of likely N-dealkylation sites (tertiary alicyclic amines) is 1. The molecule has 1 aromatic rings. The number of carbonyl (C=O) groups is 2. The van der Waals surface area contributed by atoms with Gasteiger partial charge >= 0.3 is 0 Å². The molecule has 2 amide bonds. The molecule has 23 heavy (non-hydrogen) atoms. The molecule has 1 atom stereocenters. The van der Waals surface area contributed by atoms with Gasteiger partial charge in [-0.2, -0.15) is 0 Å². The van der Waals surface area contributed by atoms with Gasteiger partial charge in [-0.25, -0.2) is 0 Å². The van der Waals surface area contributed by atoms with Gasteiger partial charge < -0.3 is 10.2 Å². The van der Waals surface area contributed by atoms with Crippen LogP contribution in [0.4, 0.5) is 0 Å². The summed E-state index contributed by atoms with van der Waals surface area (Å²) in [4.78, 5) is 26.4. The fourth-order valence-electron chi connectivity index (χ4n) is 2.88. The van der Waals surface area contributed by atoms with Gasteiger partial charge in [0.05, 0.1) is 6.04 Å². The summed E-state index contributed by atoms with van der Waals surface area (Å²) in [6.07, 6.45) is 1.65. The minimum atomic E-state index is -0.0285. The Morgan fingerprint density at radius 3 is 2.48 bits per heavy atom. The largest absolute Gasteiger partial charge is 0.349 e. The van der Waals surface area contributed by atoms with Crippen LogP contribution in [0.3, 0.4) is 0 Å². The molecule has 0 bridgehead atoms. The Morgan fingerprint density at radius 1 is 1.17 bits per heavy atom. The Kier molecular flexibility index (Phi) is 6.74. The molecule has 7 heteroatoms. The van der Waals surface area contributed by atoms with Crippen molar-refractivity contribution in [1.29, 1.82) is 0 Å². The summed E-state index contributed by atoms with van der Waals surface area (Å²) in [7, 11) is 0. The summed E-state index contributed by atoms with van der Waals surface area (Å²) in [5.74, 6) is 1.90. The predicted molar refractivity (Wildman–Crippen MR) is 95.0 cm³/mol. The maximum Gasteiger partial charge on any atom is 0.251 e. The highest BCUT2D eigenvalue weighted by Crippen LogP contribution is 2.16. The van der Waals surface area contributed by atoms with Gasteiger partial charge in [0.15, 0.2) is 0 Å². The quantitative estimate of drug-likeness (QED) is 0.862. The number of nitrogens with zero attached hydrogens (tertiary/aromatic N) is 1. The van der Waals surface area contributed by atoms with Gasteiger partial charge in [-0.1, -0.05) is 18.2 Å². The first-order valence-corrected chi connectivity index (χ1v) is 8.85. The van der Waals surface area contributed by atoms with E-state index < -0.39 is 0 Å². The SMILES string of the molecule is Cl.O=C(NC1CCN(C(=O)C2CSCN2)CC1)c1ccccc1. The van der Waals surface area contributed by atoms with E-state index in [2.05, 4.69) is 10.6 Å². The summed E-state index contributed by atoms with van der Waals surface area (Å²) in [5.41, 5.74) is 0.688. The fourth-order valence-corrected chi connectivity index (χ4v) is 3.81. The first-order valence-electron chi connectivity index (χ1n) is 7.70. The van der Waals surface area contributed by atoms with Crippen molar-refractivity contribution in [2.75, 3.05) is 24.7 Å². The van der Waals surface area contributed by atoms with Gasteiger partial charge in [0.1, 0.15) is 0 Å². The number of benzene rings is 1. The zero-order valence-electron chi connectivity index (χ0n) is 12.9. The molecule has 1 unspecified atom stereocenters. The summed E-state index contributed by atoms with van der Waals surface area (Å²) in [5, 5.41) is 6.29. The van der Waals surface area contributed by atoms with E-state index in [9.17, 15) is 9.59 Å². The minimum Gasteiger partial charge on any atom is -0.349 e. The van der Waals surface area contributed by atoms with E-state index in [4.69, 9.17) is 0 Å². The van der Waals surface area contributed by atoms with Crippen LogP contribution in [0.5, 0.6) is 0 Å². The van der Waals surface area contributed by atoms with Crippen LogP contribution in [0.15, 0.2) is 30.3 Å². The highest BCUT2D eigenvalue weighted by atomic mass is 35.5. The molecule has 1 aromatic carbocycles. The van der Waals surface area contributed by atoms with Crippen molar-refractivity contribution >= 4 is 36.0 Å². The smallest absolute Gasteiger partial charge is 0.251 e. The molecular weight excluding hydrogens is 334 g/mol. The third-order valence-electron chi connectivity index (χ3n) is 4.19. The summed E-state index contributed by atoms with van der Waals surface area (Å²) in [6.45, 7) is 1.45. The molecule has 0 saturated carbocycles. The molecule has 0 aliphatic carbocycles. The van der Waals surface area contributed by atoms with E-state index in [0.717, 1.165) is 37.6 Å². The van der Waals surface area contributed by atoms with Crippen molar-refractivity contribution in [3.8, 4) is 0 Å². The number of carbonyl (C=O) groups excluding carboxylic acids is 2. The van der Waals surface area contributed by atoms with Crippen LogP contribution in [-0.4, -0.2) is 53.5 Å². The van der Waals surface area contributed by atoms with E-state index >= 15 is 0 Å². The van der Waals surface area contributed by atoms with Gasteiger partial charge in [0, 0.05) is 36.3 Å².